The summed E-state index contributed by atoms with van der Waals surface area (Å²) in [5, 5.41) is 0. The van der Waals surface area contributed by atoms with E-state index in [4.69, 9.17) is 4.74 Å². The summed E-state index contributed by atoms with van der Waals surface area (Å²) in [5.41, 5.74) is 4.25. The third-order valence-corrected chi connectivity index (χ3v) is 3.05. The molecule has 0 heterocycles. The van der Waals surface area contributed by atoms with Gasteiger partial charge in [0.15, 0.2) is 0 Å². The minimum Gasteiger partial charge on any atom is -0.488 e. The lowest BCUT2D eigenvalue weighted by molar-refractivity contribution is 0.357. The largest absolute Gasteiger partial charge is 0.488 e. The van der Waals surface area contributed by atoms with Gasteiger partial charge in [-0.05, 0) is 49.2 Å². The normalized spacial score (nSPS) is 9.50. The molecule has 0 spiro atoms. The van der Waals surface area contributed by atoms with E-state index in [0.29, 0.717) is 6.61 Å². The quantitative estimate of drug-likeness (QED) is 0.750. The van der Waals surface area contributed by atoms with Crippen molar-refractivity contribution in [3.8, 4) is 17.6 Å². The Morgan fingerprint density at radius 3 is 2.50 bits per heavy atom. The number of ether oxygens (including phenoxy) is 1. The van der Waals surface area contributed by atoms with Gasteiger partial charge in [-0.3, -0.25) is 0 Å². The molecular weight excluding hydrogens is 244 g/mol. The fraction of sp³-hybridized carbons (Fsp3) is 0.158. The highest BCUT2D eigenvalue weighted by atomic mass is 16.5. The molecule has 0 saturated heterocycles. The van der Waals surface area contributed by atoms with Crippen molar-refractivity contribution in [2.45, 2.75) is 13.8 Å². The highest BCUT2D eigenvalue weighted by Gasteiger charge is 1.98. The van der Waals surface area contributed by atoms with Crippen molar-refractivity contribution in [3.63, 3.8) is 0 Å². The second-order valence-corrected chi connectivity index (χ2v) is 4.75. The van der Waals surface area contributed by atoms with E-state index in [1.165, 1.54) is 11.1 Å². The highest BCUT2D eigenvalue weighted by molar-refractivity contribution is 5.40. The number of aryl methyl sites for hydroxylation is 2. The first-order chi connectivity index (χ1) is 9.65. The van der Waals surface area contributed by atoms with Gasteiger partial charge in [0.1, 0.15) is 12.4 Å². The van der Waals surface area contributed by atoms with Gasteiger partial charge in [-0.15, -0.1) is 0 Å². The molecule has 1 heteroatoms. The van der Waals surface area contributed by atoms with Crippen molar-refractivity contribution in [1.29, 1.82) is 0 Å². The smallest absolute Gasteiger partial charge is 0.120 e. The predicted molar refractivity (Wildman–Crippen MR) is 83.9 cm³/mol. The van der Waals surface area contributed by atoms with Gasteiger partial charge >= 0.3 is 0 Å². The Hall–Kier alpha value is -2.46. The monoisotopic (exact) mass is 262 g/mol. The molecule has 0 unspecified atom stereocenters. The second kappa shape index (κ2) is 6.63. The van der Waals surface area contributed by atoms with Crippen LogP contribution in [0.5, 0.6) is 5.75 Å². The molecule has 0 aliphatic rings. The standard InChI is InChI=1S/C19H18O/c1-15(9-11-18-7-5-4-6-8-18)14-20-19-12-10-16(2)17(3)13-19/h4-8,10,12-13H,1,14H2,2-3H3. The Kier molecular flexibility index (Phi) is 4.63. The molecule has 0 atom stereocenters. The van der Waals surface area contributed by atoms with Crippen molar-refractivity contribution in [2.24, 2.45) is 0 Å². The first-order valence-corrected chi connectivity index (χ1v) is 6.60. The van der Waals surface area contributed by atoms with Gasteiger partial charge in [-0.1, -0.05) is 42.7 Å². The van der Waals surface area contributed by atoms with Gasteiger partial charge in [-0.2, -0.15) is 0 Å². The molecule has 20 heavy (non-hydrogen) atoms. The van der Waals surface area contributed by atoms with E-state index in [-0.39, 0.29) is 0 Å². The molecule has 2 aromatic rings. The van der Waals surface area contributed by atoms with Crippen LogP contribution in [-0.2, 0) is 0 Å². The number of hydrogen-bond donors (Lipinski definition) is 0. The fourth-order valence-corrected chi connectivity index (χ4v) is 1.69. The van der Waals surface area contributed by atoms with Crippen LogP contribution in [0.15, 0.2) is 60.7 Å². The summed E-state index contributed by atoms with van der Waals surface area (Å²) in [6.07, 6.45) is 0. The lowest BCUT2D eigenvalue weighted by atomic mass is 10.1. The van der Waals surface area contributed by atoms with Gasteiger partial charge in [0, 0.05) is 11.1 Å². The maximum Gasteiger partial charge on any atom is 0.120 e. The molecule has 0 aromatic heterocycles. The van der Waals surface area contributed by atoms with Crippen molar-refractivity contribution in [1.82, 2.24) is 0 Å². The summed E-state index contributed by atoms with van der Waals surface area (Å²) >= 11 is 0. The third kappa shape index (κ3) is 4.03. The third-order valence-electron chi connectivity index (χ3n) is 3.05. The average molecular weight is 262 g/mol. The minimum atomic E-state index is 0.419. The molecule has 0 N–H and O–H groups in total. The lowest BCUT2D eigenvalue weighted by Crippen LogP contribution is -1.99. The van der Waals surface area contributed by atoms with Crippen LogP contribution in [0.1, 0.15) is 16.7 Å². The van der Waals surface area contributed by atoms with Crippen LogP contribution < -0.4 is 4.74 Å². The zero-order valence-corrected chi connectivity index (χ0v) is 11.9. The van der Waals surface area contributed by atoms with Crippen LogP contribution in [-0.4, -0.2) is 6.61 Å². The average Bonchev–Trinajstić information content (AvgIpc) is 2.47. The zero-order chi connectivity index (χ0) is 14.4. The van der Waals surface area contributed by atoms with E-state index in [9.17, 15) is 0 Å². The molecule has 2 aromatic carbocycles. The van der Waals surface area contributed by atoms with E-state index >= 15 is 0 Å². The molecule has 2 rings (SSSR count). The molecule has 0 amide bonds. The van der Waals surface area contributed by atoms with Crippen LogP contribution in [0.3, 0.4) is 0 Å². The molecule has 0 aliphatic heterocycles. The van der Waals surface area contributed by atoms with Crippen LogP contribution in [0.2, 0.25) is 0 Å². The topological polar surface area (TPSA) is 9.23 Å². The second-order valence-electron chi connectivity index (χ2n) is 4.75. The first-order valence-electron chi connectivity index (χ1n) is 6.60. The SMILES string of the molecule is C=C(C#Cc1ccccc1)COc1ccc(C)c(C)c1. The molecule has 100 valence electrons. The van der Waals surface area contributed by atoms with E-state index < -0.39 is 0 Å². The number of benzene rings is 2. The van der Waals surface area contributed by atoms with E-state index in [2.05, 4.69) is 38.3 Å². The molecule has 1 nitrogen and oxygen atoms in total. The van der Waals surface area contributed by atoms with Gasteiger partial charge in [0.2, 0.25) is 0 Å². The summed E-state index contributed by atoms with van der Waals surface area (Å²) in [6.45, 7) is 8.51. The van der Waals surface area contributed by atoms with Gasteiger partial charge in [0.05, 0.1) is 0 Å². The summed E-state index contributed by atoms with van der Waals surface area (Å²) in [6, 6.07) is 15.9. The van der Waals surface area contributed by atoms with Crippen LogP contribution in [0.25, 0.3) is 0 Å². The summed E-state index contributed by atoms with van der Waals surface area (Å²) in [7, 11) is 0. The van der Waals surface area contributed by atoms with E-state index in [1.54, 1.807) is 0 Å². The Morgan fingerprint density at radius 1 is 1.05 bits per heavy atom. The van der Waals surface area contributed by atoms with E-state index in [1.807, 2.05) is 42.5 Å². The molecule has 0 saturated carbocycles. The Balaban J connectivity index is 1.93. The predicted octanol–water partition coefficient (Wildman–Crippen LogP) is 4.29. The molecule has 0 bridgehead atoms. The lowest BCUT2D eigenvalue weighted by Gasteiger charge is -2.07. The van der Waals surface area contributed by atoms with Crippen molar-refractivity contribution in [2.75, 3.05) is 6.61 Å². The summed E-state index contributed by atoms with van der Waals surface area (Å²) < 4.78 is 5.69. The van der Waals surface area contributed by atoms with Crippen molar-refractivity contribution < 1.29 is 4.74 Å². The molecule has 0 aliphatic carbocycles. The van der Waals surface area contributed by atoms with Gasteiger partial charge in [0.25, 0.3) is 0 Å². The number of hydrogen-bond acceptors (Lipinski definition) is 1. The molecule has 0 radical (unpaired) electrons. The highest BCUT2D eigenvalue weighted by Crippen LogP contribution is 2.16. The number of rotatable bonds is 3. The maximum atomic E-state index is 5.69. The minimum absolute atomic E-state index is 0.419. The summed E-state index contributed by atoms with van der Waals surface area (Å²) in [5.74, 6) is 6.95. The Labute approximate surface area is 120 Å². The first kappa shape index (κ1) is 14.0. The van der Waals surface area contributed by atoms with E-state index in [0.717, 1.165) is 16.9 Å². The zero-order valence-electron chi connectivity index (χ0n) is 11.9. The van der Waals surface area contributed by atoms with Gasteiger partial charge in [-0.25, -0.2) is 0 Å². The van der Waals surface area contributed by atoms with Gasteiger partial charge < -0.3 is 4.74 Å². The Bertz CT molecular complexity index is 657. The molecule has 0 fully saturated rings. The van der Waals surface area contributed by atoms with Crippen molar-refractivity contribution in [3.05, 3.63) is 77.4 Å². The van der Waals surface area contributed by atoms with Crippen LogP contribution >= 0.6 is 0 Å². The van der Waals surface area contributed by atoms with Crippen LogP contribution in [0, 0.1) is 25.7 Å². The van der Waals surface area contributed by atoms with Crippen LogP contribution in [0.4, 0.5) is 0 Å². The fourth-order valence-electron chi connectivity index (χ4n) is 1.69. The Morgan fingerprint density at radius 2 is 1.80 bits per heavy atom. The maximum absolute atomic E-state index is 5.69. The molecular formula is C19H18O. The summed E-state index contributed by atoms with van der Waals surface area (Å²) in [4.78, 5) is 0. The van der Waals surface area contributed by atoms with Crippen molar-refractivity contribution >= 4 is 0 Å².